The fourth-order valence-electron chi connectivity index (χ4n) is 3.58. The van der Waals surface area contributed by atoms with Gasteiger partial charge < -0.3 is 5.32 Å². The van der Waals surface area contributed by atoms with Crippen molar-refractivity contribution in [1.29, 1.82) is 0 Å². The molecular formula is C15H27N. The Hall–Kier alpha value is -0.300. The predicted octanol–water partition coefficient (Wildman–Crippen LogP) is 3.90. The van der Waals surface area contributed by atoms with Gasteiger partial charge in [0, 0.05) is 12.0 Å². The van der Waals surface area contributed by atoms with Gasteiger partial charge in [-0.2, -0.15) is 0 Å². The van der Waals surface area contributed by atoms with Gasteiger partial charge in [-0.15, -0.1) is 0 Å². The largest absolute Gasteiger partial charge is 0.319 e. The molecule has 0 atom stereocenters. The number of nitrogens with one attached hydrogen (secondary N) is 1. The summed E-state index contributed by atoms with van der Waals surface area (Å²) in [6, 6.07) is 0. The zero-order chi connectivity index (χ0) is 11.4. The molecule has 0 heterocycles. The summed E-state index contributed by atoms with van der Waals surface area (Å²) < 4.78 is 0. The minimum atomic E-state index is 0.529. The molecule has 1 nitrogen and oxygen atoms in total. The lowest BCUT2D eigenvalue weighted by atomic mass is 9.64. The van der Waals surface area contributed by atoms with Crippen LogP contribution in [0, 0.1) is 11.3 Å². The SMILES string of the molecule is CNCC1(C2=CCCCC2)CCC(C)CC1. The van der Waals surface area contributed by atoms with E-state index in [0.29, 0.717) is 5.41 Å². The van der Waals surface area contributed by atoms with Crippen molar-refractivity contribution >= 4 is 0 Å². The maximum Gasteiger partial charge on any atom is 0.00422 e. The van der Waals surface area contributed by atoms with E-state index in [1.54, 1.807) is 5.57 Å². The lowest BCUT2D eigenvalue weighted by molar-refractivity contribution is 0.187. The average molecular weight is 221 g/mol. The molecule has 1 fully saturated rings. The smallest absolute Gasteiger partial charge is 0.00422 e. The highest BCUT2D eigenvalue weighted by atomic mass is 14.8. The Labute approximate surface area is 101 Å². The van der Waals surface area contributed by atoms with E-state index in [1.807, 2.05) is 0 Å². The Kier molecular flexibility index (Phi) is 4.07. The quantitative estimate of drug-likeness (QED) is 0.713. The van der Waals surface area contributed by atoms with Gasteiger partial charge in [-0.05, 0) is 64.3 Å². The molecule has 92 valence electrons. The second kappa shape index (κ2) is 5.35. The molecule has 0 spiro atoms. The van der Waals surface area contributed by atoms with E-state index >= 15 is 0 Å². The molecule has 1 saturated carbocycles. The van der Waals surface area contributed by atoms with E-state index in [2.05, 4.69) is 25.4 Å². The third-order valence-electron chi connectivity index (χ3n) is 4.72. The molecule has 0 bridgehead atoms. The Morgan fingerprint density at radius 3 is 2.62 bits per heavy atom. The Morgan fingerprint density at radius 1 is 1.31 bits per heavy atom. The molecule has 2 aliphatic carbocycles. The third kappa shape index (κ3) is 2.51. The van der Waals surface area contributed by atoms with E-state index in [-0.39, 0.29) is 0 Å². The fraction of sp³-hybridized carbons (Fsp3) is 0.867. The van der Waals surface area contributed by atoms with Crippen LogP contribution in [0.5, 0.6) is 0 Å². The van der Waals surface area contributed by atoms with Crippen molar-refractivity contribution in [1.82, 2.24) is 5.32 Å². The second-order valence-corrected chi connectivity index (χ2v) is 5.97. The highest BCUT2D eigenvalue weighted by Crippen LogP contribution is 2.46. The average Bonchev–Trinajstić information content (AvgIpc) is 2.34. The van der Waals surface area contributed by atoms with E-state index < -0.39 is 0 Å². The van der Waals surface area contributed by atoms with E-state index in [9.17, 15) is 0 Å². The summed E-state index contributed by atoms with van der Waals surface area (Å²) in [6.45, 7) is 3.62. The molecule has 0 aromatic rings. The monoisotopic (exact) mass is 221 g/mol. The first-order valence-electron chi connectivity index (χ1n) is 7.11. The van der Waals surface area contributed by atoms with Gasteiger partial charge in [-0.1, -0.05) is 18.6 Å². The number of hydrogen-bond acceptors (Lipinski definition) is 1. The Morgan fingerprint density at radius 2 is 2.06 bits per heavy atom. The second-order valence-electron chi connectivity index (χ2n) is 5.97. The predicted molar refractivity (Wildman–Crippen MR) is 70.5 cm³/mol. The first kappa shape index (κ1) is 12.2. The van der Waals surface area contributed by atoms with E-state index in [0.717, 1.165) is 5.92 Å². The highest BCUT2D eigenvalue weighted by Gasteiger charge is 2.36. The van der Waals surface area contributed by atoms with E-state index in [4.69, 9.17) is 0 Å². The van der Waals surface area contributed by atoms with Crippen LogP contribution in [0.15, 0.2) is 11.6 Å². The van der Waals surface area contributed by atoms with Crippen molar-refractivity contribution in [3.63, 3.8) is 0 Å². The normalized spacial score (nSPS) is 35.9. The van der Waals surface area contributed by atoms with Gasteiger partial charge >= 0.3 is 0 Å². The molecule has 0 aromatic carbocycles. The van der Waals surface area contributed by atoms with Crippen LogP contribution in [-0.2, 0) is 0 Å². The van der Waals surface area contributed by atoms with Crippen LogP contribution in [-0.4, -0.2) is 13.6 Å². The maximum atomic E-state index is 3.45. The van der Waals surface area contributed by atoms with Gasteiger partial charge in [0.05, 0.1) is 0 Å². The molecule has 0 aliphatic heterocycles. The fourth-order valence-corrected chi connectivity index (χ4v) is 3.58. The Balaban J connectivity index is 2.11. The molecule has 2 rings (SSSR count). The first-order valence-corrected chi connectivity index (χ1v) is 7.11. The summed E-state index contributed by atoms with van der Waals surface area (Å²) in [6.07, 6.45) is 13.8. The van der Waals surface area contributed by atoms with Gasteiger partial charge in [-0.25, -0.2) is 0 Å². The van der Waals surface area contributed by atoms with Crippen LogP contribution in [0.25, 0.3) is 0 Å². The zero-order valence-electron chi connectivity index (χ0n) is 11.0. The van der Waals surface area contributed by atoms with Crippen molar-refractivity contribution < 1.29 is 0 Å². The zero-order valence-corrected chi connectivity index (χ0v) is 11.0. The lowest BCUT2D eigenvalue weighted by Crippen LogP contribution is -2.38. The van der Waals surface area contributed by atoms with Crippen LogP contribution in [0.1, 0.15) is 58.3 Å². The summed E-state index contributed by atoms with van der Waals surface area (Å²) >= 11 is 0. The first-order chi connectivity index (χ1) is 7.77. The molecular weight excluding hydrogens is 194 g/mol. The highest BCUT2D eigenvalue weighted by molar-refractivity contribution is 5.18. The van der Waals surface area contributed by atoms with Crippen molar-refractivity contribution in [3.8, 4) is 0 Å². The van der Waals surface area contributed by atoms with Gasteiger partial charge in [0.2, 0.25) is 0 Å². The molecule has 0 amide bonds. The molecule has 0 unspecified atom stereocenters. The summed E-state index contributed by atoms with van der Waals surface area (Å²) in [5.41, 5.74) is 2.32. The molecule has 2 aliphatic rings. The number of allylic oxidation sites excluding steroid dienone is 1. The molecule has 0 saturated heterocycles. The minimum absolute atomic E-state index is 0.529. The standard InChI is InChI=1S/C15H27N/c1-13-8-10-15(11-9-13,12-16-2)14-6-4-3-5-7-14/h6,13,16H,3-5,7-12H2,1-2H3. The van der Waals surface area contributed by atoms with Crippen molar-refractivity contribution in [2.75, 3.05) is 13.6 Å². The van der Waals surface area contributed by atoms with E-state index in [1.165, 1.54) is 57.9 Å². The lowest BCUT2D eigenvalue weighted by Gasteiger charge is -2.42. The molecule has 16 heavy (non-hydrogen) atoms. The van der Waals surface area contributed by atoms with Gasteiger partial charge in [0.1, 0.15) is 0 Å². The van der Waals surface area contributed by atoms with Crippen molar-refractivity contribution in [2.24, 2.45) is 11.3 Å². The third-order valence-corrected chi connectivity index (χ3v) is 4.72. The van der Waals surface area contributed by atoms with Crippen LogP contribution in [0.4, 0.5) is 0 Å². The van der Waals surface area contributed by atoms with Gasteiger partial charge in [0.25, 0.3) is 0 Å². The summed E-state index contributed by atoms with van der Waals surface area (Å²) in [4.78, 5) is 0. The molecule has 0 aromatic heterocycles. The van der Waals surface area contributed by atoms with Crippen LogP contribution >= 0.6 is 0 Å². The van der Waals surface area contributed by atoms with Crippen LogP contribution in [0.2, 0.25) is 0 Å². The summed E-state index contributed by atoms with van der Waals surface area (Å²) in [5, 5.41) is 3.45. The summed E-state index contributed by atoms with van der Waals surface area (Å²) in [7, 11) is 2.11. The summed E-state index contributed by atoms with van der Waals surface area (Å²) in [5.74, 6) is 0.953. The number of rotatable bonds is 3. The molecule has 1 heteroatoms. The minimum Gasteiger partial charge on any atom is -0.319 e. The van der Waals surface area contributed by atoms with Gasteiger partial charge in [-0.3, -0.25) is 0 Å². The maximum absolute atomic E-state index is 3.45. The topological polar surface area (TPSA) is 12.0 Å². The van der Waals surface area contributed by atoms with Crippen LogP contribution < -0.4 is 5.32 Å². The molecule has 1 N–H and O–H groups in total. The number of hydrogen-bond donors (Lipinski definition) is 1. The van der Waals surface area contributed by atoms with Crippen LogP contribution in [0.3, 0.4) is 0 Å². The molecule has 0 radical (unpaired) electrons. The van der Waals surface area contributed by atoms with Gasteiger partial charge in [0.15, 0.2) is 0 Å². The van der Waals surface area contributed by atoms with Crippen molar-refractivity contribution in [3.05, 3.63) is 11.6 Å². The van der Waals surface area contributed by atoms with Crippen molar-refractivity contribution in [2.45, 2.75) is 58.3 Å². The Bertz CT molecular complexity index is 246.